The summed E-state index contributed by atoms with van der Waals surface area (Å²) in [5.74, 6) is -1.49. The van der Waals surface area contributed by atoms with Gasteiger partial charge in [0.1, 0.15) is 5.69 Å². The fraction of sp³-hybridized carbons (Fsp3) is 0.280. The Morgan fingerprint density at radius 2 is 1.79 bits per heavy atom. The average Bonchev–Trinajstić information content (AvgIpc) is 3.05. The maximum absolute atomic E-state index is 12.3. The third kappa shape index (κ3) is 5.46. The van der Waals surface area contributed by atoms with Crippen LogP contribution in [0.2, 0.25) is 0 Å². The van der Waals surface area contributed by atoms with Gasteiger partial charge in [-0.05, 0) is 35.6 Å². The van der Waals surface area contributed by atoms with Gasteiger partial charge in [-0.2, -0.15) is 10.2 Å². The number of aromatic carboxylic acids is 1. The number of hydrazone groups is 1. The Hall–Kier alpha value is -3.94. The van der Waals surface area contributed by atoms with Crippen molar-refractivity contribution in [3.8, 4) is 17.0 Å². The zero-order valence-corrected chi connectivity index (χ0v) is 19.4. The van der Waals surface area contributed by atoms with Gasteiger partial charge in [0.25, 0.3) is 0 Å². The van der Waals surface area contributed by atoms with E-state index >= 15 is 0 Å². The second-order valence-electron chi connectivity index (χ2n) is 8.91. The molecule has 3 N–H and O–H groups in total. The molecule has 0 unspecified atom stereocenters. The Kier molecular flexibility index (Phi) is 6.67. The van der Waals surface area contributed by atoms with Gasteiger partial charge in [0.2, 0.25) is 5.91 Å². The highest BCUT2D eigenvalue weighted by Gasteiger charge is 2.20. The van der Waals surface area contributed by atoms with E-state index in [0.29, 0.717) is 17.0 Å². The summed E-state index contributed by atoms with van der Waals surface area (Å²) in [5.41, 5.74) is 6.29. The van der Waals surface area contributed by atoms with Crippen molar-refractivity contribution in [3.63, 3.8) is 0 Å². The van der Waals surface area contributed by atoms with E-state index in [0.717, 1.165) is 5.56 Å². The van der Waals surface area contributed by atoms with Crippen LogP contribution in [0.5, 0.6) is 5.75 Å². The summed E-state index contributed by atoms with van der Waals surface area (Å²) in [4.78, 5) is 23.3. The van der Waals surface area contributed by atoms with Gasteiger partial charge in [-0.15, -0.1) is 0 Å². The number of carbonyl (C=O) groups is 2. The van der Waals surface area contributed by atoms with Crippen LogP contribution in [0.1, 0.15) is 54.9 Å². The third-order valence-corrected chi connectivity index (χ3v) is 5.28. The number of carboxylic acids is 1. The molecule has 8 heteroatoms. The molecule has 1 amide bonds. The first-order chi connectivity index (χ1) is 15.5. The van der Waals surface area contributed by atoms with E-state index in [4.69, 9.17) is 5.11 Å². The van der Waals surface area contributed by atoms with E-state index in [1.165, 1.54) is 17.7 Å². The van der Waals surface area contributed by atoms with Crippen LogP contribution in [0.25, 0.3) is 11.3 Å². The van der Waals surface area contributed by atoms with Crippen LogP contribution in [0.3, 0.4) is 0 Å². The second kappa shape index (κ2) is 9.28. The highest BCUT2D eigenvalue weighted by molar-refractivity contribution is 6.01. The highest BCUT2D eigenvalue weighted by Crippen LogP contribution is 2.33. The molecule has 0 aliphatic rings. The van der Waals surface area contributed by atoms with Gasteiger partial charge in [-0.3, -0.25) is 9.48 Å². The molecule has 0 fully saturated rings. The quantitative estimate of drug-likeness (QED) is 0.391. The standard InChI is InChI=1S/C25H28N4O4/c1-15(26-27-20(30)14-16-7-6-8-18(13-16)24(32)33)21-23(31)22(29(5)28-21)17-9-11-19(12-10-17)25(2,3)4/h6-13,31H,14H2,1-5H3,(H,27,30)(H,32,33)/b26-15-. The zero-order chi connectivity index (χ0) is 24.3. The number of aromatic hydroxyl groups is 1. The minimum absolute atomic E-state index is 0.0224. The van der Waals surface area contributed by atoms with Gasteiger partial charge in [0.05, 0.1) is 17.7 Å². The Morgan fingerprint density at radius 1 is 1.12 bits per heavy atom. The number of hydrogen-bond donors (Lipinski definition) is 3. The van der Waals surface area contributed by atoms with E-state index in [-0.39, 0.29) is 28.8 Å². The maximum atomic E-state index is 12.3. The second-order valence-corrected chi connectivity index (χ2v) is 8.91. The fourth-order valence-electron chi connectivity index (χ4n) is 3.45. The van der Waals surface area contributed by atoms with Crippen molar-refractivity contribution in [1.82, 2.24) is 15.2 Å². The number of nitrogens with one attached hydrogen (secondary N) is 1. The van der Waals surface area contributed by atoms with Crippen molar-refractivity contribution in [3.05, 3.63) is 70.9 Å². The molecule has 0 aliphatic carbocycles. The van der Waals surface area contributed by atoms with Gasteiger partial charge < -0.3 is 10.2 Å². The molecule has 8 nitrogen and oxygen atoms in total. The largest absolute Gasteiger partial charge is 0.504 e. The highest BCUT2D eigenvalue weighted by atomic mass is 16.4. The molecule has 172 valence electrons. The molecule has 3 aromatic rings. The van der Waals surface area contributed by atoms with Crippen molar-refractivity contribution in [2.45, 2.75) is 39.5 Å². The molecule has 0 saturated carbocycles. The fourth-order valence-corrected chi connectivity index (χ4v) is 3.45. The molecule has 0 radical (unpaired) electrons. The third-order valence-electron chi connectivity index (χ3n) is 5.28. The topological polar surface area (TPSA) is 117 Å². The van der Waals surface area contributed by atoms with Gasteiger partial charge in [0, 0.05) is 12.6 Å². The summed E-state index contributed by atoms with van der Waals surface area (Å²) in [5, 5.41) is 28.3. The van der Waals surface area contributed by atoms with E-state index in [1.807, 2.05) is 24.3 Å². The Morgan fingerprint density at radius 3 is 2.39 bits per heavy atom. The lowest BCUT2D eigenvalue weighted by Crippen LogP contribution is -2.21. The van der Waals surface area contributed by atoms with Crippen molar-refractivity contribution < 1.29 is 19.8 Å². The minimum atomic E-state index is -1.05. The SMILES string of the molecule is C/C(=N/NC(=O)Cc1cccc(C(=O)O)c1)c1nn(C)c(-c2ccc(C(C)(C)C)cc2)c1O. The predicted octanol–water partition coefficient (Wildman–Crippen LogP) is 3.87. The number of amides is 1. The Bertz CT molecular complexity index is 1220. The number of nitrogens with zero attached hydrogens (tertiary/aromatic N) is 3. The monoisotopic (exact) mass is 448 g/mol. The molecule has 0 aliphatic heterocycles. The zero-order valence-electron chi connectivity index (χ0n) is 19.4. The molecule has 0 saturated heterocycles. The summed E-state index contributed by atoms with van der Waals surface area (Å²) in [7, 11) is 1.73. The van der Waals surface area contributed by atoms with Crippen molar-refractivity contribution in [2.24, 2.45) is 12.1 Å². The Labute approximate surface area is 192 Å². The smallest absolute Gasteiger partial charge is 0.335 e. The van der Waals surface area contributed by atoms with Crippen LogP contribution in [0, 0.1) is 0 Å². The molecule has 2 aromatic carbocycles. The first kappa shape index (κ1) is 23.7. The average molecular weight is 449 g/mol. The van der Waals surface area contributed by atoms with Crippen molar-refractivity contribution in [2.75, 3.05) is 0 Å². The van der Waals surface area contributed by atoms with E-state index in [2.05, 4.69) is 36.4 Å². The minimum Gasteiger partial charge on any atom is -0.504 e. The van der Waals surface area contributed by atoms with Crippen LogP contribution in [0.15, 0.2) is 53.6 Å². The lowest BCUT2D eigenvalue weighted by atomic mass is 9.86. The van der Waals surface area contributed by atoms with Crippen LogP contribution >= 0.6 is 0 Å². The van der Waals surface area contributed by atoms with Gasteiger partial charge in [-0.1, -0.05) is 57.2 Å². The molecule has 1 aromatic heterocycles. The van der Waals surface area contributed by atoms with Gasteiger partial charge in [-0.25, -0.2) is 10.2 Å². The molecule has 1 heterocycles. The first-order valence-corrected chi connectivity index (χ1v) is 10.5. The van der Waals surface area contributed by atoms with E-state index in [1.54, 1.807) is 30.8 Å². The summed E-state index contributed by atoms with van der Waals surface area (Å²) >= 11 is 0. The molecular formula is C25H28N4O4. The van der Waals surface area contributed by atoms with Crippen molar-refractivity contribution in [1.29, 1.82) is 0 Å². The molecule has 0 atom stereocenters. The maximum Gasteiger partial charge on any atom is 0.335 e. The van der Waals surface area contributed by atoms with Crippen molar-refractivity contribution >= 4 is 17.6 Å². The number of aromatic nitrogens is 2. The number of benzene rings is 2. The first-order valence-electron chi connectivity index (χ1n) is 10.5. The van der Waals surface area contributed by atoms with Crippen LogP contribution in [0.4, 0.5) is 0 Å². The summed E-state index contributed by atoms with van der Waals surface area (Å²) in [6.45, 7) is 8.05. The van der Waals surface area contributed by atoms with Gasteiger partial charge >= 0.3 is 5.97 Å². The number of rotatable bonds is 6. The number of carbonyl (C=O) groups excluding carboxylic acids is 1. The lowest BCUT2D eigenvalue weighted by molar-refractivity contribution is -0.120. The molecule has 0 bridgehead atoms. The molecule has 3 rings (SSSR count). The van der Waals surface area contributed by atoms with Crippen LogP contribution < -0.4 is 5.43 Å². The van der Waals surface area contributed by atoms with E-state index in [9.17, 15) is 14.7 Å². The van der Waals surface area contributed by atoms with Gasteiger partial charge in [0.15, 0.2) is 11.4 Å². The number of carboxylic acid groups (broad SMARTS) is 1. The van der Waals surface area contributed by atoms with Crippen LogP contribution in [-0.2, 0) is 23.7 Å². The van der Waals surface area contributed by atoms with Crippen LogP contribution in [-0.4, -0.2) is 37.6 Å². The van der Waals surface area contributed by atoms with E-state index < -0.39 is 11.9 Å². The normalized spacial score (nSPS) is 12.0. The summed E-state index contributed by atoms with van der Waals surface area (Å²) in [6.07, 6.45) is -0.0303. The Balaban J connectivity index is 1.76. The summed E-state index contributed by atoms with van der Waals surface area (Å²) in [6, 6.07) is 14.1. The lowest BCUT2D eigenvalue weighted by Gasteiger charge is -2.19. The predicted molar refractivity (Wildman–Crippen MR) is 126 cm³/mol. The number of hydrogen-bond acceptors (Lipinski definition) is 5. The summed E-state index contributed by atoms with van der Waals surface area (Å²) < 4.78 is 1.58. The number of aryl methyl sites for hydroxylation is 1. The molecule has 0 spiro atoms. The molecular weight excluding hydrogens is 420 g/mol. The molecule has 33 heavy (non-hydrogen) atoms.